The number of rotatable bonds is 4. The standard InChI is InChI=1S/C23H28ClN3O/c24-22-11-5-4-7-19(22)17-25-12-6-8-20(18-25)23(28)27-15-13-26(14-16-27)21-9-2-1-3-10-21/h1-5,7,9-11,20H,6,8,12-18H2/t20-/m1/s1. The summed E-state index contributed by atoms with van der Waals surface area (Å²) < 4.78 is 0. The molecule has 0 aromatic heterocycles. The third-order valence-corrected chi connectivity index (χ3v) is 6.29. The van der Waals surface area contributed by atoms with Crippen LogP contribution in [0.5, 0.6) is 0 Å². The van der Waals surface area contributed by atoms with Gasteiger partial charge in [0.25, 0.3) is 0 Å². The maximum absolute atomic E-state index is 13.1. The second-order valence-electron chi connectivity index (χ2n) is 7.81. The molecule has 4 nitrogen and oxygen atoms in total. The molecule has 4 rings (SSSR count). The van der Waals surface area contributed by atoms with Crippen molar-refractivity contribution in [3.05, 3.63) is 65.2 Å². The van der Waals surface area contributed by atoms with Crippen LogP contribution in [0.15, 0.2) is 54.6 Å². The van der Waals surface area contributed by atoms with Gasteiger partial charge in [0, 0.05) is 50.0 Å². The number of piperazine rings is 1. The molecule has 0 N–H and O–H groups in total. The molecule has 2 aromatic carbocycles. The Hall–Kier alpha value is -2.04. The molecule has 2 heterocycles. The molecule has 0 bridgehead atoms. The van der Waals surface area contributed by atoms with Crippen LogP contribution in [-0.2, 0) is 11.3 Å². The molecule has 2 aromatic rings. The van der Waals surface area contributed by atoms with Crippen molar-refractivity contribution < 1.29 is 4.79 Å². The van der Waals surface area contributed by atoms with Crippen molar-refractivity contribution in [3.8, 4) is 0 Å². The van der Waals surface area contributed by atoms with Crippen molar-refractivity contribution in [1.29, 1.82) is 0 Å². The van der Waals surface area contributed by atoms with Gasteiger partial charge in [0.15, 0.2) is 0 Å². The van der Waals surface area contributed by atoms with Crippen molar-refractivity contribution in [2.24, 2.45) is 5.92 Å². The first-order valence-electron chi connectivity index (χ1n) is 10.3. The van der Waals surface area contributed by atoms with E-state index in [0.29, 0.717) is 5.91 Å². The molecule has 5 heteroatoms. The summed E-state index contributed by atoms with van der Waals surface area (Å²) in [6.45, 7) is 6.14. The van der Waals surface area contributed by atoms with E-state index in [1.165, 1.54) is 5.69 Å². The minimum absolute atomic E-state index is 0.111. The number of halogens is 1. The zero-order valence-electron chi connectivity index (χ0n) is 16.3. The minimum atomic E-state index is 0.111. The number of carbonyl (C=O) groups excluding carboxylic acids is 1. The van der Waals surface area contributed by atoms with E-state index >= 15 is 0 Å². The molecular formula is C23H28ClN3O. The fraction of sp³-hybridized carbons (Fsp3) is 0.435. The average Bonchev–Trinajstić information content (AvgIpc) is 2.76. The molecular weight excluding hydrogens is 370 g/mol. The van der Waals surface area contributed by atoms with Gasteiger partial charge in [0.05, 0.1) is 5.92 Å². The normalized spacial score (nSPS) is 21.0. The van der Waals surface area contributed by atoms with Crippen LogP contribution in [0, 0.1) is 5.92 Å². The van der Waals surface area contributed by atoms with Crippen LogP contribution in [0.2, 0.25) is 5.02 Å². The molecule has 0 spiro atoms. The van der Waals surface area contributed by atoms with Crippen LogP contribution in [0.3, 0.4) is 0 Å². The summed E-state index contributed by atoms with van der Waals surface area (Å²) in [6.07, 6.45) is 2.07. The van der Waals surface area contributed by atoms with E-state index in [1.807, 2.05) is 24.3 Å². The number of hydrogen-bond donors (Lipinski definition) is 0. The topological polar surface area (TPSA) is 26.8 Å². The van der Waals surface area contributed by atoms with Crippen LogP contribution in [0.1, 0.15) is 18.4 Å². The quantitative estimate of drug-likeness (QED) is 0.782. The first kappa shape index (κ1) is 19.3. The predicted molar refractivity (Wildman–Crippen MR) is 115 cm³/mol. The second kappa shape index (κ2) is 8.97. The van der Waals surface area contributed by atoms with Crippen molar-refractivity contribution in [3.63, 3.8) is 0 Å². The highest BCUT2D eigenvalue weighted by Crippen LogP contribution is 2.24. The fourth-order valence-corrected chi connectivity index (χ4v) is 4.55. The van der Waals surface area contributed by atoms with E-state index in [0.717, 1.165) is 69.2 Å². The van der Waals surface area contributed by atoms with E-state index in [9.17, 15) is 4.79 Å². The summed E-state index contributed by atoms with van der Waals surface area (Å²) in [5.41, 5.74) is 2.40. The molecule has 0 saturated carbocycles. The Morgan fingerprint density at radius 1 is 0.929 bits per heavy atom. The third-order valence-electron chi connectivity index (χ3n) is 5.92. The van der Waals surface area contributed by atoms with Crippen molar-refractivity contribution >= 4 is 23.2 Å². The van der Waals surface area contributed by atoms with Gasteiger partial charge >= 0.3 is 0 Å². The SMILES string of the molecule is O=C([C@@H]1CCCN(Cc2ccccc2Cl)C1)N1CCN(c2ccccc2)CC1. The number of hydrogen-bond acceptors (Lipinski definition) is 3. The van der Waals surface area contributed by atoms with Gasteiger partial charge < -0.3 is 9.80 Å². The van der Waals surface area contributed by atoms with Gasteiger partial charge in [-0.25, -0.2) is 0 Å². The lowest BCUT2D eigenvalue weighted by atomic mass is 9.95. The number of nitrogens with zero attached hydrogens (tertiary/aromatic N) is 3. The molecule has 0 radical (unpaired) electrons. The molecule has 1 atom stereocenters. The molecule has 2 saturated heterocycles. The van der Waals surface area contributed by atoms with Gasteiger partial charge in [-0.1, -0.05) is 48.0 Å². The van der Waals surface area contributed by atoms with Gasteiger partial charge in [0.2, 0.25) is 5.91 Å². The molecule has 28 heavy (non-hydrogen) atoms. The number of anilines is 1. The first-order valence-corrected chi connectivity index (χ1v) is 10.6. The number of carbonyl (C=O) groups is 1. The maximum atomic E-state index is 13.1. The zero-order valence-corrected chi connectivity index (χ0v) is 17.0. The Morgan fingerprint density at radius 3 is 2.39 bits per heavy atom. The van der Waals surface area contributed by atoms with Crippen molar-refractivity contribution in [1.82, 2.24) is 9.80 Å². The van der Waals surface area contributed by atoms with Crippen molar-refractivity contribution in [2.75, 3.05) is 44.2 Å². The number of amides is 1. The summed E-state index contributed by atoms with van der Waals surface area (Å²) in [6, 6.07) is 18.5. The Morgan fingerprint density at radius 2 is 1.64 bits per heavy atom. The number of likely N-dealkylation sites (tertiary alicyclic amines) is 1. The van der Waals surface area contributed by atoms with Gasteiger partial charge in [-0.2, -0.15) is 0 Å². The van der Waals surface area contributed by atoms with E-state index in [-0.39, 0.29) is 5.92 Å². The highest BCUT2D eigenvalue weighted by molar-refractivity contribution is 6.31. The molecule has 0 unspecified atom stereocenters. The number of benzene rings is 2. The minimum Gasteiger partial charge on any atom is -0.368 e. The average molecular weight is 398 g/mol. The Kier molecular flexibility index (Phi) is 6.18. The monoisotopic (exact) mass is 397 g/mol. The van der Waals surface area contributed by atoms with Gasteiger partial charge in [-0.05, 0) is 43.1 Å². The first-order chi connectivity index (χ1) is 13.7. The molecule has 1 amide bonds. The highest BCUT2D eigenvalue weighted by atomic mass is 35.5. The van der Waals surface area contributed by atoms with E-state index in [4.69, 9.17) is 11.6 Å². The largest absolute Gasteiger partial charge is 0.368 e. The van der Waals surface area contributed by atoms with Crippen LogP contribution in [-0.4, -0.2) is 55.0 Å². The number of para-hydroxylation sites is 1. The van der Waals surface area contributed by atoms with E-state index < -0.39 is 0 Å². The van der Waals surface area contributed by atoms with Gasteiger partial charge in [-0.3, -0.25) is 9.69 Å². The van der Waals surface area contributed by atoms with Crippen molar-refractivity contribution in [2.45, 2.75) is 19.4 Å². The lowest BCUT2D eigenvalue weighted by Gasteiger charge is -2.39. The predicted octanol–water partition coefficient (Wildman–Crippen LogP) is 3.90. The van der Waals surface area contributed by atoms with Gasteiger partial charge in [-0.15, -0.1) is 0 Å². The fourth-order valence-electron chi connectivity index (χ4n) is 4.35. The summed E-state index contributed by atoms with van der Waals surface area (Å²) >= 11 is 6.32. The maximum Gasteiger partial charge on any atom is 0.227 e. The zero-order chi connectivity index (χ0) is 19.3. The summed E-state index contributed by atoms with van der Waals surface area (Å²) in [7, 11) is 0. The Labute approximate surface area is 172 Å². The van der Waals surface area contributed by atoms with E-state index in [2.05, 4.69) is 45.0 Å². The third kappa shape index (κ3) is 4.50. The summed E-state index contributed by atoms with van der Waals surface area (Å²) in [5, 5.41) is 0.813. The smallest absolute Gasteiger partial charge is 0.227 e. The Balaban J connectivity index is 1.32. The molecule has 2 aliphatic heterocycles. The van der Waals surface area contributed by atoms with E-state index in [1.54, 1.807) is 0 Å². The molecule has 0 aliphatic carbocycles. The highest BCUT2D eigenvalue weighted by Gasteiger charge is 2.31. The summed E-state index contributed by atoms with van der Waals surface area (Å²) in [5.74, 6) is 0.441. The Bertz CT molecular complexity index is 789. The van der Waals surface area contributed by atoms with Crippen LogP contribution in [0.25, 0.3) is 0 Å². The van der Waals surface area contributed by atoms with Crippen LogP contribution >= 0.6 is 11.6 Å². The lowest BCUT2D eigenvalue weighted by molar-refractivity contribution is -0.137. The number of piperidine rings is 1. The molecule has 2 aliphatic rings. The summed E-state index contributed by atoms with van der Waals surface area (Å²) in [4.78, 5) is 19.9. The molecule has 2 fully saturated rings. The van der Waals surface area contributed by atoms with Gasteiger partial charge in [0.1, 0.15) is 0 Å². The van der Waals surface area contributed by atoms with Crippen LogP contribution in [0.4, 0.5) is 5.69 Å². The molecule has 148 valence electrons. The lowest BCUT2D eigenvalue weighted by Crippen LogP contribution is -2.52. The second-order valence-corrected chi connectivity index (χ2v) is 8.22. The van der Waals surface area contributed by atoms with Crippen LogP contribution < -0.4 is 4.90 Å².